The van der Waals surface area contributed by atoms with E-state index in [0.717, 1.165) is 24.2 Å². The van der Waals surface area contributed by atoms with Crippen molar-refractivity contribution in [2.24, 2.45) is 5.16 Å². The summed E-state index contributed by atoms with van der Waals surface area (Å²) in [5.41, 5.74) is 6.79. The van der Waals surface area contributed by atoms with Crippen LogP contribution < -0.4 is 15.6 Å². The zero-order valence-corrected chi connectivity index (χ0v) is 21.7. The highest BCUT2D eigenvalue weighted by Gasteiger charge is 2.67. The van der Waals surface area contributed by atoms with E-state index in [9.17, 15) is 24.6 Å². The molecule has 3 unspecified atom stereocenters. The zero-order valence-electron chi connectivity index (χ0n) is 20.1. The van der Waals surface area contributed by atoms with E-state index in [1.807, 2.05) is 12.2 Å². The number of oxime groups is 1. The van der Waals surface area contributed by atoms with Crippen LogP contribution in [0, 0.1) is 0 Å². The number of allylic oxidation sites excluding steroid dienone is 1. The van der Waals surface area contributed by atoms with Gasteiger partial charge in [0.05, 0.1) is 12.2 Å². The molecule has 1 fully saturated rings. The summed E-state index contributed by atoms with van der Waals surface area (Å²) in [7, 11) is 0. The summed E-state index contributed by atoms with van der Waals surface area (Å²) >= 11 is 2.62. The van der Waals surface area contributed by atoms with Crippen molar-refractivity contribution in [2.45, 2.75) is 37.0 Å². The molecule has 5 rings (SSSR count). The number of nitrogens with one attached hydrogen (secondary N) is 1. The van der Waals surface area contributed by atoms with Gasteiger partial charge in [-0.3, -0.25) is 4.79 Å². The number of nitrogens with zero attached hydrogens (tertiary/aromatic N) is 4. The van der Waals surface area contributed by atoms with E-state index in [4.69, 9.17) is 10.6 Å². The highest BCUT2D eigenvalue weighted by Crippen LogP contribution is 2.43. The van der Waals surface area contributed by atoms with Crippen LogP contribution in [0.2, 0.25) is 0 Å². The Kier molecular flexibility index (Phi) is 7.29. The molecule has 12 nitrogen and oxygen atoms in total. The number of aromatic nitrogens is 2. The summed E-state index contributed by atoms with van der Waals surface area (Å²) in [5.74, 6) is -1.42. The maximum absolute atomic E-state index is 13.6. The third kappa shape index (κ3) is 4.95. The van der Waals surface area contributed by atoms with Gasteiger partial charge in [0.2, 0.25) is 6.04 Å². The molecule has 2 aromatic rings. The molecule has 1 saturated heterocycles. The Labute approximate surface area is 225 Å². The molecular formula is C24H26N6O6S2+2. The number of carbonyl (C=O) groups is 3. The summed E-state index contributed by atoms with van der Waals surface area (Å²) < 4.78 is 1.57. The number of pyridine rings is 1. The number of carboxylic acids is 1. The van der Waals surface area contributed by atoms with Crippen molar-refractivity contribution in [1.82, 2.24) is 10.3 Å². The highest BCUT2D eigenvalue weighted by molar-refractivity contribution is 8.00. The van der Waals surface area contributed by atoms with Crippen LogP contribution in [0.3, 0.4) is 0 Å². The molecule has 2 aromatic heterocycles. The fraction of sp³-hybridized carbons (Fsp3) is 0.333. The molecule has 0 aromatic carbocycles. The molecule has 198 valence electrons. The number of carboxylic acid groups (broad SMARTS) is 1. The number of quaternary nitrogens is 1. The number of hydrogen-bond donors (Lipinski definition) is 4. The lowest BCUT2D eigenvalue weighted by Crippen LogP contribution is -2.81. The number of nitrogens with two attached hydrogens (primary N) is 1. The number of aromatic carboxylic acids is 1. The standard InChI is InChI=1S/C24H24N6O6S2/c25-24-26-17(12-38-24)18(28-36-16-3-1-2-4-16)20(32)27-19-21(33)30(9-14(10-31)11-37-22(19)30)13-29-7-5-15(6-8-29)23(34)35/h1,3,5-9,12,16,19,22,31H,2,4,10-11,13H2,(H2-2,25,26,27,32,34,35)/p+2/t16?,19?,22-,30?/m0/s1. The Morgan fingerprint density at radius 2 is 2.13 bits per heavy atom. The average Bonchev–Trinajstić information content (AvgIpc) is 3.59. The molecule has 2 aliphatic heterocycles. The number of hydrogen-bond acceptors (Lipinski definition) is 10. The number of aliphatic hydroxyl groups excluding tert-OH is 1. The number of β-lactam (4-membered cyclic amide) rings is 1. The van der Waals surface area contributed by atoms with Crippen LogP contribution in [0.15, 0.2) is 59.0 Å². The Morgan fingerprint density at radius 1 is 1.34 bits per heavy atom. The normalized spacial score (nSPS) is 26.3. The summed E-state index contributed by atoms with van der Waals surface area (Å²) in [6.45, 7) is -0.0192. The van der Waals surface area contributed by atoms with Crippen molar-refractivity contribution >= 4 is 51.7 Å². The third-order valence-corrected chi connectivity index (χ3v) is 8.72. The zero-order chi connectivity index (χ0) is 26.9. The van der Waals surface area contributed by atoms with Gasteiger partial charge in [0.25, 0.3) is 12.6 Å². The van der Waals surface area contributed by atoms with Gasteiger partial charge in [0.1, 0.15) is 18.0 Å². The Bertz CT molecular complexity index is 1360. The van der Waals surface area contributed by atoms with E-state index < -0.39 is 17.9 Å². The predicted octanol–water partition coefficient (Wildman–Crippen LogP) is 0.599. The largest absolute Gasteiger partial charge is 0.478 e. The Hall–Kier alpha value is -3.59. The second-order valence-electron chi connectivity index (χ2n) is 9.07. The van der Waals surface area contributed by atoms with E-state index in [2.05, 4.69) is 15.5 Å². The first-order valence-corrected chi connectivity index (χ1v) is 13.7. The van der Waals surface area contributed by atoms with Crippen LogP contribution in [-0.2, 0) is 21.1 Å². The third-order valence-electron chi connectivity index (χ3n) is 6.52. The van der Waals surface area contributed by atoms with Crippen molar-refractivity contribution in [3.8, 4) is 0 Å². The average molecular weight is 559 g/mol. The van der Waals surface area contributed by atoms with Crippen LogP contribution in [-0.4, -0.2) is 73.1 Å². The van der Waals surface area contributed by atoms with Crippen LogP contribution in [0.25, 0.3) is 0 Å². The number of rotatable bonds is 9. The number of amides is 2. The van der Waals surface area contributed by atoms with Gasteiger partial charge in [-0.15, -0.1) is 11.3 Å². The smallest absolute Gasteiger partial charge is 0.354 e. The van der Waals surface area contributed by atoms with E-state index in [-0.39, 0.29) is 57.2 Å². The van der Waals surface area contributed by atoms with Crippen molar-refractivity contribution in [3.05, 3.63) is 65.1 Å². The van der Waals surface area contributed by atoms with Gasteiger partial charge >= 0.3 is 11.9 Å². The summed E-state index contributed by atoms with van der Waals surface area (Å²) in [6.07, 6.45) is 10.1. The van der Waals surface area contributed by atoms with Crippen LogP contribution in [0.1, 0.15) is 28.9 Å². The van der Waals surface area contributed by atoms with Gasteiger partial charge in [-0.25, -0.2) is 14.6 Å². The quantitative estimate of drug-likeness (QED) is 0.0860. The minimum Gasteiger partial charge on any atom is -0.478 e. The van der Waals surface area contributed by atoms with Crippen molar-refractivity contribution in [3.63, 3.8) is 0 Å². The number of anilines is 1. The van der Waals surface area contributed by atoms with Crippen LogP contribution >= 0.6 is 23.1 Å². The summed E-state index contributed by atoms with van der Waals surface area (Å²) in [6, 6.07) is 2.08. The molecule has 0 spiro atoms. The monoisotopic (exact) mass is 558 g/mol. The van der Waals surface area contributed by atoms with Gasteiger partial charge in [0, 0.05) is 28.8 Å². The maximum Gasteiger partial charge on any atom is 0.354 e. The van der Waals surface area contributed by atoms with Gasteiger partial charge in [-0.05, 0) is 18.9 Å². The van der Waals surface area contributed by atoms with Crippen molar-refractivity contribution in [2.75, 3.05) is 18.1 Å². The van der Waals surface area contributed by atoms with Gasteiger partial charge in [-0.1, -0.05) is 23.0 Å². The molecule has 2 amide bonds. The maximum atomic E-state index is 13.6. The second kappa shape index (κ2) is 10.6. The molecule has 0 bridgehead atoms. The van der Waals surface area contributed by atoms with Crippen molar-refractivity contribution < 1.29 is 38.5 Å². The molecule has 4 atom stereocenters. The van der Waals surface area contributed by atoms with Crippen LogP contribution in [0.5, 0.6) is 0 Å². The molecule has 1 aliphatic carbocycles. The lowest BCUT2D eigenvalue weighted by Gasteiger charge is -2.50. The highest BCUT2D eigenvalue weighted by atomic mass is 32.2. The van der Waals surface area contributed by atoms with E-state index in [0.29, 0.717) is 11.3 Å². The first-order chi connectivity index (χ1) is 18.3. The molecule has 3 aliphatic rings. The number of fused-ring (bicyclic) bond motifs is 1. The Balaban J connectivity index is 1.38. The SMILES string of the molecule is Nc1nc(C(=NOC2C=CCC2)C(=O)NC2C(=O)[N+]3(C[n+]4ccc(C(=O)O)cc4)C=C(CO)CS[C@@H]23)cs1. The topological polar surface area (TPSA) is 168 Å². The van der Waals surface area contributed by atoms with Gasteiger partial charge < -0.3 is 26.1 Å². The number of thiazole rings is 1. The molecule has 38 heavy (non-hydrogen) atoms. The minimum atomic E-state index is -1.05. The summed E-state index contributed by atoms with van der Waals surface area (Å²) in [5, 5.41) is 27.3. The number of carbonyl (C=O) groups excluding carboxylic acids is 2. The van der Waals surface area contributed by atoms with Crippen LogP contribution in [0.4, 0.5) is 5.13 Å². The van der Waals surface area contributed by atoms with E-state index >= 15 is 0 Å². The number of nitrogen functional groups attached to an aromatic ring is 1. The lowest BCUT2D eigenvalue weighted by molar-refractivity contribution is -0.996. The molecular weight excluding hydrogens is 532 g/mol. The van der Waals surface area contributed by atoms with E-state index in [1.165, 1.54) is 23.9 Å². The Morgan fingerprint density at radius 3 is 2.76 bits per heavy atom. The predicted molar refractivity (Wildman–Crippen MR) is 139 cm³/mol. The molecule has 14 heteroatoms. The minimum absolute atomic E-state index is 0.0675. The number of thioether (sulfide) groups is 1. The fourth-order valence-electron chi connectivity index (χ4n) is 4.61. The first-order valence-electron chi connectivity index (χ1n) is 11.8. The fourth-order valence-corrected chi connectivity index (χ4v) is 6.58. The molecule has 0 radical (unpaired) electrons. The molecule has 5 N–H and O–H groups in total. The summed E-state index contributed by atoms with van der Waals surface area (Å²) in [4.78, 5) is 47.9. The second-order valence-corrected chi connectivity index (χ2v) is 11.1. The van der Waals surface area contributed by atoms with Gasteiger partial charge in [-0.2, -0.15) is 9.05 Å². The molecule has 4 heterocycles. The first kappa shape index (κ1) is 26.0. The van der Waals surface area contributed by atoms with Gasteiger partial charge in [0.15, 0.2) is 28.6 Å². The number of aliphatic hydroxyl groups is 1. The van der Waals surface area contributed by atoms with Crippen molar-refractivity contribution in [1.29, 1.82) is 0 Å². The van der Waals surface area contributed by atoms with E-state index in [1.54, 1.807) is 28.5 Å². The lowest BCUT2D eigenvalue weighted by atomic mass is 10.0. The molecule has 0 saturated carbocycles.